The van der Waals surface area contributed by atoms with E-state index in [1.165, 1.54) is 4.90 Å². The van der Waals surface area contributed by atoms with Crippen molar-refractivity contribution in [3.8, 4) is 11.1 Å². The molecule has 288 valence electrons. The standard InChI is InChI=1S/C44H49N3O8/c1-29-39(25-46-22-8-12-36(46)28-52-2)54-43(55-41(29)33-16-14-30(26-48)15-17-33)34-20-18-32(19-21-34)37-13-7-6-11-35(37)24-47-40(49)23-38(42(47)50)45-44(51)53-27-31-9-4-3-5-10-31/h3-7,9-11,13-21,29,36,38-39,41,43,48H,8,12,22-28H2,1-2H3,(H,45,51)/t29-,36-,38?,39+,41+,43+/m0/s1. The van der Waals surface area contributed by atoms with E-state index >= 15 is 0 Å². The molecule has 0 spiro atoms. The van der Waals surface area contributed by atoms with E-state index in [4.69, 9.17) is 18.9 Å². The van der Waals surface area contributed by atoms with Gasteiger partial charge in [0.05, 0.1) is 38.4 Å². The van der Waals surface area contributed by atoms with Crippen molar-refractivity contribution in [2.24, 2.45) is 5.92 Å². The Morgan fingerprint density at radius 2 is 1.62 bits per heavy atom. The minimum atomic E-state index is -0.989. The van der Waals surface area contributed by atoms with Crippen molar-refractivity contribution < 1.29 is 38.4 Å². The maximum atomic E-state index is 13.4. The molecule has 4 aromatic rings. The predicted molar refractivity (Wildman–Crippen MR) is 205 cm³/mol. The molecule has 1 unspecified atom stereocenters. The van der Waals surface area contributed by atoms with Crippen LogP contribution in [-0.4, -0.2) is 77.8 Å². The number of nitrogens with zero attached hydrogens (tertiary/aromatic N) is 2. The number of carbonyl (C=O) groups excluding carboxylic acids is 3. The minimum absolute atomic E-state index is 0.0184. The Labute approximate surface area is 322 Å². The molecule has 11 heteroatoms. The zero-order valence-corrected chi connectivity index (χ0v) is 31.3. The van der Waals surface area contributed by atoms with Crippen molar-refractivity contribution in [2.75, 3.05) is 26.8 Å². The van der Waals surface area contributed by atoms with Gasteiger partial charge in [0.15, 0.2) is 6.29 Å². The summed E-state index contributed by atoms with van der Waals surface area (Å²) in [5.74, 6) is -0.760. The van der Waals surface area contributed by atoms with E-state index in [0.29, 0.717) is 12.6 Å². The number of ether oxygens (including phenoxy) is 4. The fraction of sp³-hybridized carbons (Fsp3) is 0.386. The zero-order chi connectivity index (χ0) is 38.3. The summed E-state index contributed by atoms with van der Waals surface area (Å²) in [6.07, 6.45) is 0.422. The molecule has 3 amide bonds. The molecule has 7 rings (SSSR count). The quantitative estimate of drug-likeness (QED) is 0.152. The van der Waals surface area contributed by atoms with Gasteiger partial charge in [0.1, 0.15) is 12.6 Å². The average Bonchev–Trinajstić information content (AvgIpc) is 3.76. The molecule has 0 bridgehead atoms. The van der Waals surface area contributed by atoms with E-state index in [9.17, 15) is 19.5 Å². The van der Waals surface area contributed by atoms with Crippen LogP contribution in [0.1, 0.15) is 66.4 Å². The highest BCUT2D eigenvalue weighted by atomic mass is 16.7. The largest absolute Gasteiger partial charge is 0.445 e. The van der Waals surface area contributed by atoms with Crippen molar-refractivity contribution in [1.29, 1.82) is 0 Å². The Balaban J connectivity index is 1.05. The molecule has 3 fully saturated rings. The topological polar surface area (TPSA) is 127 Å². The highest BCUT2D eigenvalue weighted by Gasteiger charge is 2.42. The molecule has 2 N–H and O–H groups in total. The van der Waals surface area contributed by atoms with Gasteiger partial charge in [-0.05, 0) is 52.8 Å². The van der Waals surface area contributed by atoms with Crippen LogP contribution in [0.15, 0.2) is 103 Å². The van der Waals surface area contributed by atoms with E-state index in [2.05, 4.69) is 17.1 Å². The number of likely N-dealkylation sites (tertiary alicyclic amines) is 2. The number of benzene rings is 4. The Morgan fingerprint density at radius 1 is 0.891 bits per heavy atom. The van der Waals surface area contributed by atoms with Gasteiger partial charge in [0.2, 0.25) is 5.91 Å². The van der Waals surface area contributed by atoms with Crippen molar-refractivity contribution in [3.63, 3.8) is 0 Å². The van der Waals surface area contributed by atoms with Crippen LogP contribution in [0.4, 0.5) is 4.79 Å². The summed E-state index contributed by atoms with van der Waals surface area (Å²) in [6, 6.07) is 32.3. The Bertz CT molecular complexity index is 1920. The third-order valence-corrected chi connectivity index (χ3v) is 11.0. The molecule has 0 aliphatic carbocycles. The van der Waals surface area contributed by atoms with Crippen molar-refractivity contribution in [2.45, 2.75) is 76.5 Å². The summed E-state index contributed by atoms with van der Waals surface area (Å²) >= 11 is 0. The summed E-state index contributed by atoms with van der Waals surface area (Å²) < 4.78 is 24.3. The molecule has 3 saturated heterocycles. The molecule has 0 saturated carbocycles. The second-order valence-electron chi connectivity index (χ2n) is 14.6. The van der Waals surface area contributed by atoms with E-state index in [0.717, 1.165) is 64.9 Å². The third-order valence-electron chi connectivity index (χ3n) is 11.0. The lowest BCUT2D eigenvalue weighted by atomic mass is 9.89. The lowest BCUT2D eigenvalue weighted by Crippen LogP contribution is -2.46. The fourth-order valence-electron chi connectivity index (χ4n) is 7.87. The van der Waals surface area contributed by atoms with Crippen LogP contribution in [0.25, 0.3) is 11.1 Å². The number of aliphatic hydroxyl groups excluding tert-OH is 1. The van der Waals surface area contributed by atoms with Crippen LogP contribution in [-0.2, 0) is 48.3 Å². The molecule has 11 nitrogen and oxygen atoms in total. The fourth-order valence-corrected chi connectivity index (χ4v) is 7.87. The number of rotatable bonds is 13. The average molecular weight is 748 g/mol. The maximum absolute atomic E-state index is 13.4. The highest BCUT2D eigenvalue weighted by molar-refractivity contribution is 6.06. The number of imide groups is 1. The summed E-state index contributed by atoms with van der Waals surface area (Å²) in [4.78, 5) is 42.6. The number of nitrogens with one attached hydrogen (secondary N) is 1. The Hall–Kier alpha value is -4.91. The maximum Gasteiger partial charge on any atom is 0.408 e. The summed E-state index contributed by atoms with van der Waals surface area (Å²) in [7, 11) is 1.75. The number of hydrogen-bond donors (Lipinski definition) is 2. The van der Waals surface area contributed by atoms with Crippen LogP contribution in [0, 0.1) is 5.92 Å². The van der Waals surface area contributed by atoms with E-state index < -0.39 is 24.3 Å². The molecule has 4 aromatic carbocycles. The third kappa shape index (κ3) is 8.98. The van der Waals surface area contributed by atoms with Gasteiger partial charge in [-0.1, -0.05) is 110 Å². The molecule has 3 heterocycles. The van der Waals surface area contributed by atoms with Crippen molar-refractivity contribution >= 4 is 17.9 Å². The number of alkyl carbamates (subject to hydrolysis) is 1. The van der Waals surface area contributed by atoms with Crippen LogP contribution in [0.5, 0.6) is 0 Å². The molecule has 55 heavy (non-hydrogen) atoms. The molecule has 0 radical (unpaired) electrons. The summed E-state index contributed by atoms with van der Waals surface area (Å²) in [6.45, 7) is 4.75. The second-order valence-corrected chi connectivity index (χ2v) is 14.6. The van der Waals surface area contributed by atoms with Crippen molar-refractivity contribution in [1.82, 2.24) is 15.1 Å². The first-order valence-corrected chi connectivity index (χ1v) is 19.0. The van der Waals surface area contributed by atoms with Gasteiger partial charge in [-0.15, -0.1) is 0 Å². The van der Waals surface area contributed by atoms with Gasteiger partial charge < -0.3 is 29.4 Å². The predicted octanol–water partition coefficient (Wildman–Crippen LogP) is 6.30. The normalized spacial score (nSPS) is 24.3. The molecule has 0 aromatic heterocycles. The number of aliphatic hydroxyl groups is 1. The van der Waals surface area contributed by atoms with Gasteiger partial charge in [0, 0.05) is 31.2 Å². The summed E-state index contributed by atoms with van der Waals surface area (Å²) in [5.41, 5.74) is 6.17. The minimum Gasteiger partial charge on any atom is -0.445 e. The number of amides is 3. The number of hydrogen-bond acceptors (Lipinski definition) is 9. The van der Waals surface area contributed by atoms with Crippen LogP contribution < -0.4 is 5.32 Å². The highest BCUT2D eigenvalue weighted by Crippen LogP contribution is 2.43. The molecular formula is C44H49N3O8. The first-order chi connectivity index (χ1) is 26.8. The summed E-state index contributed by atoms with van der Waals surface area (Å²) in [5, 5.41) is 12.2. The van der Waals surface area contributed by atoms with Gasteiger partial charge in [-0.25, -0.2) is 4.79 Å². The lowest BCUT2D eigenvalue weighted by molar-refractivity contribution is -0.276. The van der Waals surface area contributed by atoms with Gasteiger partial charge in [-0.3, -0.25) is 19.4 Å². The van der Waals surface area contributed by atoms with Crippen molar-refractivity contribution in [3.05, 3.63) is 131 Å². The van der Waals surface area contributed by atoms with Gasteiger partial charge in [-0.2, -0.15) is 0 Å². The first kappa shape index (κ1) is 38.4. The second kappa shape index (κ2) is 17.7. The number of carbonyl (C=O) groups is 3. The zero-order valence-electron chi connectivity index (χ0n) is 31.3. The van der Waals surface area contributed by atoms with Crippen LogP contribution >= 0.6 is 0 Å². The Kier molecular flexibility index (Phi) is 12.3. The van der Waals surface area contributed by atoms with E-state index in [1.807, 2.05) is 103 Å². The number of methoxy groups -OCH3 is 1. The van der Waals surface area contributed by atoms with Gasteiger partial charge in [0.25, 0.3) is 5.91 Å². The molecule has 3 aliphatic rings. The SMILES string of the molecule is COC[C@@H]1CCCN1C[C@H]1O[C@@H](c2ccc(-c3ccccc3CN3C(=O)CC(NC(=O)OCc4ccccc4)C3=O)cc2)O[C@@H](c2ccc(CO)cc2)[C@H]1C. The van der Waals surface area contributed by atoms with Gasteiger partial charge >= 0.3 is 6.09 Å². The Morgan fingerprint density at radius 3 is 2.36 bits per heavy atom. The smallest absolute Gasteiger partial charge is 0.408 e. The first-order valence-electron chi connectivity index (χ1n) is 19.0. The monoisotopic (exact) mass is 747 g/mol. The van der Waals surface area contributed by atoms with Crippen LogP contribution in [0.3, 0.4) is 0 Å². The van der Waals surface area contributed by atoms with E-state index in [-0.39, 0.29) is 50.2 Å². The van der Waals surface area contributed by atoms with Crippen LogP contribution in [0.2, 0.25) is 0 Å². The molecule has 3 aliphatic heterocycles. The molecular weight excluding hydrogens is 698 g/mol. The van der Waals surface area contributed by atoms with E-state index in [1.54, 1.807) is 7.11 Å². The lowest BCUT2D eigenvalue weighted by Gasteiger charge is -2.43. The molecule has 6 atom stereocenters.